The van der Waals surface area contributed by atoms with Crippen molar-refractivity contribution in [3.63, 3.8) is 0 Å². The fraction of sp³-hybridized carbons (Fsp3) is 0.625. The highest BCUT2D eigenvalue weighted by atomic mass is 19.1. The van der Waals surface area contributed by atoms with Crippen LogP contribution in [-0.4, -0.2) is 19.7 Å². The molecule has 108 valence electrons. The molecule has 0 aromatic heterocycles. The molecule has 0 amide bonds. The van der Waals surface area contributed by atoms with Crippen LogP contribution in [0.15, 0.2) is 18.2 Å². The van der Waals surface area contributed by atoms with Crippen molar-refractivity contribution in [2.45, 2.75) is 52.0 Å². The summed E-state index contributed by atoms with van der Waals surface area (Å²) >= 11 is 0. The number of hydrogen-bond donors (Lipinski definition) is 1. The SMILES string of the molecule is CCCC(CCCc1cccc(OC)c1F)NCC. The third kappa shape index (κ3) is 5.19. The second-order valence-electron chi connectivity index (χ2n) is 4.87. The quantitative estimate of drug-likeness (QED) is 0.732. The molecule has 1 atom stereocenters. The average Bonchev–Trinajstić information content (AvgIpc) is 2.41. The van der Waals surface area contributed by atoms with E-state index in [2.05, 4.69) is 19.2 Å². The Morgan fingerprint density at radius 1 is 1.26 bits per heavy atom. The van der Waals surface area contributed by atoms with Crippen LogP contribution < -0.4 is 10.1 Å². The smallest absolute Gasteiger partial charge is 0.168 e. The molecule has 0 heterocycles. The maximum absolute atomic E-state index is 14.0. The molecule has 0 aliphatic carbocycles. The number of nitrogens with one attached hydrogen (secondary N) is 1. The van der Waals surface area contributed by atoms with Gasteiger partial charge in [0.05, 0.1) is 7.11 Å². The van der Waals surface area contributed by atoms with Crippen LogP contribution in [0.4, 0.5) is 4.39 Å². The van der Waals surface area contributed by atoms with Crippen molar-refractivity contribution in [2.24, 2.45) is 0 Å². The van der Waals surface area contributed by atoms with Gasteiger partial charge in [0.15, 0.2) is 11.6 Å². The van der Waals surface area contributed by atoms with Gasteiger partial charge < -0.3 is 10.1 Å². The van der Waals surface area contributed by atoms with Crippen molar-refractivity contribution in [1.82, 2.24) is 5.32 Å². The number of methoxy groups -OCH3 is 1. The predicted octanol–water partition coefficient (Wildman–Crippen LogP) is 3.94. The van der Waals surface area contributed by atoms with Gasteiger partial charge in [0.2, 0.25) is 0 Å². The lowest BCUT2D eigenvalue weighted by Gasteiger charge is -2.17. The van der Waals surface area contributed by atoms with Gasteiger partial charge in [0.1, 0.15) is 0 Å². The highest BCUT2D eigenvalue weighted by molar-refractivity contribution is 5.31. The largest absolute Gasteiger partial charge is 0.494 e. The lowest BCUT2D eigenvalue weighted by molar-refractivity contribution is 0.383. The third-order valence-electron chi connectivity index (χ3n) is 3.39. The van der Waals surface area contributed by atoms with Gasteiger partial charge in [-0.25, -0.2) is 4.39 Å². The van der Waals surface area contributed by atoms with Gasteiger partial charge in [-0.15, -0.1) is 0 Å². The molecular formula is C16H26FNO. The molecule has 0 aliphatic rings. The Hall–Kier alpha value is -1.09. The molecule has 1 aromatic carbocycles. The number of hydrogen-bond acceptors (Lipinski definition) is 2. The summed E-state index contributed by atoms with van der Waals surface area (Å²) in [4.78, 5) is 0. The van der Waals surface area contributed by atoms with Crippen LogP contribution >= 0.6 is 0 Å². The number of aryl methyl sites for hydroxylation is 1. The Morgan fingerprint density at radius 2 is 2.05 bits per heavy atom. The minimum Gasteiger partial charge on any atom is -0.494 e. The maximum Gasteiger partial charge on any atom is 0.168 e. The number of benzene rings is 1. The van der Waals surface area contributed by atoms with E-state index in [9.17, 15) is 4.39 Å². The van der Waals surface area contributed by atoms with Crippen LogP contribution in [-0.2, 0) is 6.42 Å². The third-order valence-corrected chi connectivity index (χ3v) is 3.39. The standard InChI is InChI=1S/C16H26FNO/c1-4-8-14(18-5-2)11-6-9-13-10-7-12-15(19-3)16(13)17/h7,10,12,14,18H,4-6,8-9,11H2,1-3H3. The molecule has 3 heteroatoms. The van der Waals surface area contributed by atoms with E-state index in [4.69, 9.17) is 4.74 Å². The summed E-state index contributed by atoms with van der Waals surface area (Å²) in [6.07, 6.45) is 5.24. The van der Waals surface area contributed by atoms with Crippen LogP contribution in [0.25, 0.3) is 0 Å². The molecule has 2 nitrogen and oxygen atoms in total. The fourth-order valence-corrected chi connectivity index (χ4v) is 2.43. The van der Waals surface area contributed by atoms with Crippen molar-refractivity contribution in [3.8, 4) is 5.75 Å². The van der Waals surface area contributed by atoms with Crippen molar-refractivity contribution < 1.29 is 9.13 Å². The van der Waals surface area contributed by atoms with Crippen molar-refractivity contribution in [1.29, 1.82) is 0 Å². The van der Waals surface area contributed by atoms with Crippen LogP contribution in [0.3, 0.4) is 0 Å². The highest BCUT2D eigenvalue weighted by Gasteiger charge is 2.10. The molecule has 0 radical (unpaired) electrons. The van der Waals surface area contributed by atoms with Crippen LogP contribution in [0.2, 0.25) is 0 Å². The average molecular weight is 267 g/mol. The highest BCUT2D eigenvalue weighted by Crippen LogP contribution is 2.21. The molecule has 1 rings (SSSR count). The van der Waals surface area contributed by atoms with Crippen LogP contribution in [0, 0.1) is 5.82 Å². The molecule has 1 N–H and O–H groups in total. The van der Waals surface area contributed by atoms with Gasteiger partial charge in [0.25, 0.3) is 0 Å². The molecule has 0 saturated carbocycles. The van der Waals surface area contributed by atoms with Crippen molar-refractivity contribution in [3.05, 3.63) is 29.6 Å². The summed E-state index contributed by atoms with van der Waals surface area (Å²) in [5.74, 6) is 0.134. The van der Waals surface area contributed by atoms with Crippen LogP contribution in [0.1, 0.15) is 45.1 Å². The molecule has 1 unspecified atom stereocenters. The summed E-state index contributed by atoms with van der Waals surface area (Å²) < 4.78 is 19.0. The minimum atomic E-state index is -0.208. The Kier molecular flexibility index (Phi) is 7.49. The number of ether oxygens (including phenoxy) is 1. The van der Waals surface area contributed by atoms with Gasteiger partial charge in [-0.05, 0) is 43.9 Å². The molecule has 0 aliphatic heterocycles. The summed E-state index contributed by atoms with van der Waals surface area (Å²) in [6.45, 7) is 5.33. The Labute approximate surface area is 116 Å². The number of halogens is 1. The van der Waals surface area contributed by atoms with Crippen LogP contribution in [0.5, 0.6) is 5.75 Å². The summed E-state index contributed by atoms with van der Waals surface area (Å²) in [5, 5.41) is 3.49. The zero-order valence-corrected chi connectivity index (χ0v) is 12.3. The lowest BCUT2D eigenvalue weighted by Crippen LogP contribution is -2.28. The molecule has 19 heavy (non-hydrogen) atoms. The fourth-order valence-electron chi connectivity index (χ4n) is 2.43. The second kappa shape index (κ2) is 8.92. The summed E-state index contributed by atoms with van der Waals surface area (Å²) in [5.41, 5.74) is 0.756. The topological polar surface area (TPSA) is 21.3 Å². The molecule has 1 aromatic rings. The lowest BCUT2D eigenvalue weighted by atomic mass is 10.0. The summed E-state index contributed by atoms with van der Waals surface area (Å²) in [6, 6.07) is 5.92. The van der Waals surface area contributed by atoms with E-state index < -0.39 is 0 Å². The van der Waals surface area contributed by atoms with Gasteiger partial charge in [-0.1, -0.05) is 32.4 Å². The second-order valence-corrected chi connectivity index (χ2v) is 4.87. The molecular weight excluding hydrogens is 241 g/mol. The first-order valence-electron chi connectivity index (χ1n) is 7.27. The van der Waals surface area contributed by atoms with E-state index in [1.807, 2.05) is 12.1 Å². The molecule has 0 saturated heterocycles. The predicted molar refractivity (Wildman–Crippen MR) is 78.3 cm³/mol. The van der Waals surface area contributed by atoms with E-state index >= 15 is 0 Å². The molecule has 0 spiro atoms. The van der Waals surface area contributed by atoms with Gasteiger partial charge in [0, 0.05) is 6.04 Å². The van der Waals surface area contributed by atoms with Crippen molar-refractivity contribution in [2.75, 3.05) is 13.7 Å². The van der Waals surface area contributed by atoms with E-state index in [-0.39, 0.29) is 5.82 Å². The molecule has 0 bridgehead atoms. The minimum absolute atomic E-state index is 0.208. The first kappa shape index (κ1) is 16.0. The monoisotopic (exact) mass is 267 g/mol. The Bertz CT molecular complexity index is 362. The first-order valence-corrected chi connectivity index (χ1v) is 7.27. The Morgan fingerprint density at radius 3 is 2.68 bits per heavy atom. The van der Waals surface area contributed by atoms with Gasteiger partial charge in [-0.2, -0.15) is 0 Å². The van der Waals surface area contributed by atoms with E-state index in [1.165, 1.54) is 20.0 Å². The normalized spacial score (nSPS) is 12.4. The van der Waals surface area contributed by atoms with E-state index in [1.54, 1.807) is 6.07 Å². The first-order chi connectivity index (χ1) is 9.22. The Balaban J connectivity index is 2.47. The zero-order chi connectivity index (χ0) is 14.1. The van der Waals surface area contributed by atoms with E-state index in [0.29, 0.717) is 11.8 Å². The van der Waals surface area contributed by atoms with Gasteiger partial charge >= 0.3 is 0 Å². The van der Waals surface area contributed by atoms with Crippen molar-refractivity contribution >= 4 is 0 Å². The number of rotatable bonds is 9. The maximum atomic E-state index is 14.0. The van der Waals surface area contributed by atoms with E-state index in [0.717, 1.165) is 31.4 Å². The van der Waals surface area contributed by atoms with Gasteiger partial charge in [-0.3, -0.25) is 0 Å². The zero-order valence-electron chi connectivity index (χ0n) is 12.3. The molecule has 0 fully saturated rings. The summed E-state index contributed by atoms with van der Waals surface area (Å²) in [7, 11) is 1.50.